The number of carboxylic acid groups (broad SMARTS) is 1. The number of nitrogens with one attached hydrogen (secondary N) is 1. The molecule has 23 heavy (non-hydrogen) atoms. The lowest BCUT2D eigenvalue weighted by molar-refractivity contribution is -0.137. The normalized spacial score (nSPS) is 12.6. The van der Waals surface area contributed by atoms with Crippen molar-refractivity contribution in [3.63, 3.8) is 0 Å². The number of aliphatic hydroxyl groups excluding tert-OH is 1. The van der Waals surface area contributed by atoms with Gasteiger partial charge in [0.2, 0.25) is 0 Å². The van der Waals surface area contributed by atoms with Crippen LogP contribution in [-0.2, 0) is 11.2 Å². The van der Waals surface area contributed by atoms with Crippen molar-refractivity contribution in [3.05, 3.63) is 28.8 Å². The molecule has 0 radical (unpaired) electrons. The molecule has 0 unspecified atom stereocenters. The van der Waals surface area contributed by atoms with Gasteiger partial charge in [-0.15, -0.1) is 0 Å². The summed E-state index contributed by atoms with van der Waals surface area (Å²) in [6.45, 7) is 3.95. The van der Waals surface area contributed by atoms with Crippen LogP contribution in [0.3, 0.4) is 0 Å². The minimum atomic E-state index is -0.781. The Hall–Kier alpha value is -0.790. The number of carbonyl (C=O) groups is 1. The molecule has 7 heteroatoms. The van der Waals surface area contributed by atoms with Gasteiger partial charge in [-0.1, -0.05) is 18.5 Å². The quantitative estimate of drug-likeness (QED) is 0.527. The molecule has 0 heterocycles. The second kappa shape index (κ2) is 10.9. The van der Waals surface area contributed by atoms with Crippen molar-refractivity contribution in [2.24, 2.45) is 0 Å². The van der Waals surface area contributed by atoms with E-state index in [-0.39, 0.29) is 6.42 Å². The van der Waals surface area contributed by atoms with E-state index in [1.807, 2.05) is 36.5 Å². The van der Waals surface area contributed by atoms with E-state index < -0.39 is 12.1 Å². The summed E-state index contributed by atoms with van der Waals surface area (Å²) < 4.78 is 1.97. The number of nitrogens with zero attached hydrogens (tertiary/aromatic N) is 1. The number of benzene rings is 1. The van der Waals surface area contributed by atoms with Crippen molar-refractivity contribution >= 4 is 29.5 Å². The Morgan fingerprint density at radius 3 is 2.83 bits per heavy atom. The number of carboxylic acids is 1. The summed E-state index contributed by atoms with van der Waals surface area (Å²) in [6, 6.07) is 5.76. The summed E-state index contributed by atoms with van der Waals surface area (Å²) >= 11 is 7.66. The largest absolute Gasteiger partial charge is 0.481 e. The highest BCUT2D eigenvalue weighted by Crippen LogP contribution is 2.27. The third-order valence-corrected chi connectivity index (χ3v) is 4.27. The van der Waals surface area contributed by atoms with Crippen LogP contribution in [0.2, 0.25) is 5.02 Å². The van der Waals surface area contributed by atoms with Crippen LogP contribution in [0.1, 0.15) is 25.3 Å². The molecule has 0 aliphatic heterocycles. The number of halogens is 1. The first-order chi connectivity index (χ1) is 10.9. The zero-order chi connectivity index (χ0) is 17.2. The summed E-state index contributed by atoms with van der Waals surface area (Å²) in [6.07, 6.45) is 1.01. The van der Waals surface area contributed by atoms with Crippen LogP contribution in [-0.4, -0.2) is 53.3 Å². The Labute approximate surface area is 147 Å². The van der Waals surface area contributed by atoms with Gasteiger partial charge in [0.15, 0.2) is 0 Å². The van der Waals surface area contributed by atoms with Gasteiger partial charge < -0.3 is 15.5 Å². The van der Waals surface area contributed by atoms with Gasteiger partial charge in [0, 0.05) is 29.4 Å². The average Bonchev–Trinajstić information content (AvgIpc) is 2.43. The number of hydrogen-bond acceptors (Lipinski definition) is 5. The maximum atomic E-state index is 10.6. The Morgan fingerprint density at radius 2 is 2.17 bits per heavy atom. The van der Waals surface area contributed by atoms with Crippen molar-refractivity contribution in [2.75, 3.05) is 26.7 Å². The Bertz CT molecular complexity index is 502. The van der Waals surface area contributed by atoms with Crippen LogP contribution in [0.15, 0.2) is 23.1 Å². The van der Waals surface area contributed by atoms with E-state index in [0.717, 1.165) is 17.0 Å². The highest BCUT2D eigenvalue weighted by molar-refractivity contribution is 7.97. The summed E-state index contributed by atoms with van der Waals surface area (Å²) in [5.74, 6) is -0.781. The second-order valence-electron chi connectivity index (χ2n) is 5.41. The van der Waals surface area contributed by atoms with Crippen molar-refractivity contribution in [1.82, 2.24) is 9.62 Å². The van der Waals surface area contributed by atoms with Gasteiger partial charge >= 0.3 is 5.97 Å². The molecular weight excluding hydrogens is 336 g/mol. The first-order valence-electron chi connectivity index (χ1n) is 7.69. The molecule has 1 rings (SSSR count). The minimum Gasteiger partial charge on any atom is -0.481 e. The minimum absolute atomic E-state index is 0.158. The standard InChI is InChI=1S/C16H25ClN2O3S/c1-3-18-10-14(20)11-19(2)23-15-8-12(7-13(17)9-15)5-4-6-16(21)22/h7-9,14,18,20H,3-6,10-11H2,1-2H3,(H,21,22)/t14-/m1/s1. The molecule has 1 aromatic rings. The number of aliphatic hydroxyl groups is 1. The van der Waals surface area contributed by atoms with Gasteiger partial charge in [-0.2, -0.15) is 0 Å². The Kier molecular flexibility index (Phi) is 9.59. The fourth-order valence-electron chi connectivity index (χ4n) is 2.15. The molecule has 1 atom stereocenters. The van der Waals surface area contributed by atoms with Crippen LogP contribution in [0.25, 0.3) is 0 Å². The van der Waals surface area contributed by atoms with Crippen LogP contribution in [0.4, 0.5) is 0 Å². The molecule has 130 valence electrons. The Morgan fingerprint density at radius 1 is 1.43 bits per heavy atom. The molecule has 0 saturated heterocycles. The highest BCUT2D eigenvalue weighted by atomic mass is 35.5. The van der Waals surface area contributed by atoms with Crippen molar-refractivity contribution in [3.8, 4) is 0 Å². The molecule has 0 aromatic heterocycles. The number of aliphatic carboxylic acids is 1. The van der Waals surface area contributed by atoms with Crippen LogP contribution >= 0.6 is 23.5 Å². The molecule has 0 amide bonds. The number of rotatable bonds is 11. The lowest BCUT2D eigenvalue weighted by atomic mass is 10.1. The molecule has 5 nitrogen and oxygen atoms in total. The first-order valence-corrected chi connectivity index (χ1v) is 8.85. The summed E-state index contributed by atoms with van der Waals surface area (Å²) in [5.41, 5.74) is 1.03. The van der Waals surface area contributed by atoms with Crippen LogP contribution < -0.4 is 5.32 Å². The Balaban J connectivity index is 2.55. The lowest BCUT2D eigenvalue weighted by Crippen LogP contribution is -2.34. The van der Waals surface area contributed by atoms with Gasteiger partial charge in [-0.3, -0.25) is 4.79 Å². The molecule has 1 aromatic carbocycles. The monoisotopic (exact) mass is 360 g/mol. The summed E-state index contributed by atoms with van der Waals surface area (Å²) in [7, 11) is 1.92. The maximum Gasteiger partial charge on any atom is 0.303 e. The fourth-order valence-corrected chi connectivity index (χ4v) is 3.46. The van der Waals surface area contributed by atoms with E-state index >= 15 is 0 Å². The third-order valence-electron chi connectivity index (χ3n) is 3.15. The third kappa shape index (κ3) is 9.17. The molecule has 0 saturated carbocycles. The molecule has 0 bridgehead atoms. The van der Waals surface area contributed by atoms with E-state index in [4.69, 9.17) is 16.7 Å². The predicted molar refractivity (Wildman–Crippen MR) is 95.1 cm³/mol. The summed E-state index contributed by atoms with van der Waals surface area (Å²) in [4.78, 5) is 11.6. The van der Waals surface area contributed by atoms with E-state index in [1.54, 1.807) is 0 Å². The number of hydrogen-bond donors (Lipinski definition) is 3. The maximum absolute atomic E-state index is 10.6. The molecule has 0 aliphatic rings. The van der Waals surface area contributed by atoms with Crippen molar-refractivity contribution < 1.29 is 15.0 Å². The van der Waals surface area contributed by atoms with Crippen molar-refractivity contribution in [1.29, 1.82) is 0 Å². The van der Waals surface area contributed by atoms with E-state index in [1.165, 1.54) is 11.9 Å². The predicted octanol–water partition coefficient (Wildman–Crippen LogP) is 2.66. The van der Waals surface area contributed by atoms with Gasteiger partial charge in [-0.25, -0.2) is 4.31 Å². The first kappa shape index (κ1) is 20.3. The fraction of sp³-hybridized carbons (Fsp3) is 0.562. The zero-order valence-corrected chi connectivity index (χ0v) is 15.2. The van der Waals surface area contributed by atoms with Gasteiger partial charge in [0.25, 0.3) is 0 Å². The highest BCUT2D eigenvalue weighted by Gasteiger charge is 2.10. The molecule has 0 spiro atoms. The molecule has 0 fully saturated rings. The number of aryl methyl sites for hydroxylation is 1. The second-order valence-corrected chi connectivity index (χ2v) is 7.12. The van der Waals surface area contributed by atoms with E-state index in [0.29, 0.717) is 31.0 Å². The van der Waals surface area contributed by atoms with Gasteiger partial charge in [-0.05, 0) is 62.1 Å². The van der Waals surface area contributed by atoms with Gasteiger partial charge in [0.05, 0.1) is 6.10 Å². The summed E-state index contributed by atoms with van der Waals surface area (Å²) in [5, 5.41) is 22.4. The van der Waals surface area contributed by atoms with Crippen molar-refractivity contribution in [2.45, 2.75) is 37.2 Å². The van der Waals surface area contributed by atoms with E-state index in [9.17, 15) is 9.90 Å². The van der Waals surface area contributed by atoms with Crippen LogP contribution in [0.5, 0.6) is 0 Å². The molecular formula is C16H25ClN2O3S. The topological polar surface area (TPSA) is 72.8 Å². The molecule has 3 N–H and O–H groups in total. The zero-order valence-electron chi connectivity index (χ0n) is 13.6. The van der Waals surface area contributed by atoms with Crippen LogP contribution in [0, 0.1) is 0 Å². The average molecular weight is 361 g/mol. The lowest BCUT2D eigenvalue weighted by Gasteiger charge is -2.20. The molecule has 0 aliphatic carbocycles. The number of likely N-dealkylation sites (N-methyl/N-ethyl adjacent to an activating group) is 2. The van der Waals surface area contributed by atoms with E-state index in [2.05, 4.69) is 5.32 Å². The van der Waals surface area contributed by atoms with Gasteiger partial charge in [0.1, 0.15) is 0 Å². The smallest absolute Gasteiger partial charge is 0.303 e. The SMILES string of the molecule is CCNC[C@@H](O)CN(C)Sc1cc(Cl)cc(CCCC(=O)O)c1.